The Morgan fingerprint density at radius 2 is 1.95 bits per heavy atom. The van der Waals surface area contributed by atoms with E-state index in [1.165, 1.54) is 6.42 Å². The molecule has 0 aliphatic rings. The van der Waals surface area contributed by atoms with Gasteiger partial charge < -0.3 is 15.5 Å². The van der Waals surface area contributed by atoms with E-state index in [4.69, 9.17) is 0 Å². The van der Waals surface area contributed by atoms with Crippen LogP contribution in [0.2, 0.25) is 0 Å². The lowest BCUT2D eigenvalue weighted by Gasteiger charge is -2.23. The SMILES string of the molecule is CCc1c(NC)ncnc1NCCN(C)C(C)CC. The van der Waals surface area contributed by atoms with Crippen molar-refractivity contribution < 1.29 is 0 Å². The number of hydrogen-bond donors (Lipinski definition) is 2. The van der Waals surface area contributed by atoms with Crippen LogP contribution in [-0.4, -0.2) is 48.1 Å². The van der Waals surface area contributed by atoms with E-state index < -0.39 is 0 Å². The third kappa shape index (κ3) is 4.35. The van der Waals surface area contributed by atoms with Gasteiger partial charge in [-0.1, -0.05) is 13.8 Å². The van der Waals surface area contributed by atoms with Crippen LogP contribution in [0.25, 0.3) is 0 Å². The van der Waals surface area contributed by atoms with Crippen molar-refractivity contribution in [1.29, 1.82) is 0 Å². The van der Waals surface area contributed by atoms with Gasteiger partial charge in [-0.05, 0) is 26.8 Å². The standard InChI is InChI=1S/C14H27N5/c1-6-11(3)19(5)9-8-16-14-12(7-2)13(15-4)17-10-18-14/h10-11H,6-9H2,1-5H3,(H2,15,16,17,18). The molecule has 1 aromatic heterocycles. The summed E-state index contributed by atoms with van der Waals surface area (Å²) in [6.07, 6.45) is 3.69. The Labute approximate surface area is 116 Å². The quantitative estimate of drug-likeness (QED) is 0.755. The molecule has 1 atom stereocenters. The lowest BCUT2D eigenvalue weighted by Crippen LogP contribution is -2.33. The first-order chi connectivity index (χ1) is 9.13. The first kappa shape index (κ1) is 15.7. The summed E-state index contributed by atoms with van der Waals surface area (Å²) in [5.41, 5.74) is 1.15. The monoisotopic (exact) mass is 265 g/mol. The fraction of sp³-hybridized carbons (Fsp3) is 0.714. The molecule has 1 heterocycles. The highest BCUT2D eigenvalue weighted by Gasteiger charge is 2.09. The summed E-state index contributed by atoms with van der Waals surface area (Å²) in [6.45, 7) is 8.50. The molecule has 0 spiro atoms. The van der Waals surface area contributed by atoms with E-state index in [-0.39, 0.29) is 0 Å². The van der Waals surface area contributed by atoms with Gasteiger partial charge in [0.15, 0.2) is 0 Å². The van der Waals surface area contributed by atoms with Crippen molar-refractivity contribution in [3.8, 4) is 0 Å². The lowest BCUT2D eigenvalue weighted by atomic mass is 10.2. The molecule has 1 rings (SSSR count). The van der Waals surface area contributed by atoms with Crippen molar-refractivity contribution in [1.82, 2.24) is 14.9 Å². The first-order valence-corrected chi connectivity index (χ1v) is 7.09. The van der Waals surface area contributed by atoms with Crippen LogP contribution in [-0.2, 0) is 6.42 Å². The van der Waals surface area contributed by atoms with Crippen LogP contribution in [0.3, 0.4) is 0 Å². The highest BCUT2D eigenvalue weighted by atomic mass is 15.1. The van der Waals surface area contributed by atoms with E-state index >= 15 is 0 Å². The van der Waals surface area contributed by atoms with Crippen LogP contribution in [0.5, 0.6) is 0 Å². The van der Waals surface area contributed by atoms with Gasteiger partial charge in [-0.3, -0.25) is 0 Å². The molecule has 0 bridgehead atoms. The average molecular weight is 265 g/mol. The van der Waals surface area contributed by atoms with E-state index in [1.807, 2.05) is 7.05 Å². The number of nitrogens with one attached hydrogen (secondary N) is 2. The van der Waals surface area contributed by atoms with Crippen molar-refractivity contribution >= 4 is 11.6 Å². The molecule has 2 N–H and O–H groups in total. The first-order valence-electron chi connectivity index (χ1n) is 7.09. The Morgan fingerprint density at radius 1 is 1.26 bits per heavy atom. The molecule has 1 aromatic rings. The number of likely N-dealkylation sites (N-methyl/N-ethyl adjacent to an activating group) is 1. The minimum absolute atomic E-state index is 0.616. The number of nitrogens with zero attached hydrogens (tertiary/aromatic N) is 3. The minimum atomic E-state index is 0.616. The Balaban J connectivity index is 2.58. The largest absolute Gasteiger partial charge is 0.373 e. The third-order valence-electron chi connectivity index (χ3n) is 3.64. The Bertz CT molecular complexity index is 380. The van der Waals surface area contributed by atoms with Gasteiger partial charge in [-0.25, -0.2) is 9.97 Å². The third-order valence-corrected chi connectivity index (χ3v) is 3.64. The zero-order valence-electron chi connectivity index (χ0n) is 12.8. The predicted octanol–water partition coefficient (Wildman–Crippen LogP) is 2.22. The fourth-order valence-corrected chi connectivity index (χ4v) is 2.00. The molecule has 0 aliphatic heterocycles. The summed E-state index contributed by atoms with van der Waals surface area (Å²) in [6, 6.07) is 0.616. The van der Waals surface area contributed by atoms with Gasteiger partial charge in [-0.15, -0.1) is 0 Å². The van der Waals surface area contributed by atoms with E-state index in [9.17, 15) is 0 Å². The van der Waals surface area contributed by atoms with Crippen molar-refractivity contribution in [2.24, 2.45) is 0 Å². The normalized spacial score (nSPS) is 12.5. The molecule has 5 heteroatoms. The van der Waals surface area contributed by atoms with Gasteiger partial charge in [0, 0.05) is 31.7 Å². The molecule has 5 nitrogen and oxygen atoms in total. The second kappa shape index (κ2) is 7.94. The summed E-state index contributed by atoms with van der Waals surface area (Å²) in [7, 11) is 4.05. The number of hydrogen-bond acceptors (Lipinski definition) is 5. The number of aromatic nitrogens is 2. The van der Waals surface area contributed by atoms with Crippen LogP contribution in [0, 0.1) is 0 Å². The summed E-state index contributed by atoms with van der Waals surface area (Å²) in [5.74, 6) is 1.86. The molecule has 19 heavy (non-hydrogen) atoms. The second-order valence-corrected chi connectivity index (χ2v) is 4.82. The zero-order chi connectivity index (χ0) is 14.3. The van der Waals surface area contributed by atoms with Crippen molar-refractivity contribution in [3.05, 3.63) is 11.9 Å². The smallest absolute Gasteiger partial charge is 0.134 e. The maximum absolute atomic E-state index is 4.34. The van der Waals surface area contributed by atoms with Crippen molar-refractivity contribution in [3.63, 3.8) is 0 Å². The van der Waals surface area contributed by atoms with Crippen molar-refractivity contribution in [2.75, 3.05) is 37.8 Å². The summed E-state index contributed by atoms with van der Waals surface area (Å²) >= 11 is 0. The van der Waals surface area contributed by atoms with Crippen LogP contribution in [0.15, 0.2) is 6.33 Å². The van der Waals surface area contributed by atoms with Gasteiger partial charge in [0.1, 0.15) is 18.0 Å². The molecule has 0 radical (unpaired) electrons. The van der Waals surface area contributed by atoms with Crippen LogP contribution in [0.1, 0.15) is 32.8 Å². The molecule has 0 aromatic carbocycles. The van der Waals surface area contributed by atoms with E-state index in [0.29, 0.717) is 6.04 Å². The van der Waals surface area contributed by atoms with Crippen LogP contribution in [0.4, 0.5) is 11.6 Å². The average Bonchev–Trinajstić information content (AvgIpc) is 2.45. The summed E-state index contributed by atoms with van der Waals surface area (Å²) < 4.78 is 0. The highest BCUT2D eigenvalue weighted by Crippen LogP contribution is 2.19. The van der Waals surface area contributed by atoms with Crippen LogP contribution < -0.4 is 10.6 Å². The zero-order valence-corrected chi connectivity index (χ0v) is 12.8. The molecule has 1 unspecified atom stereocenters. The number of anilines is 2. The molecule has 0 fully saturated rings. The Kier molecular flexibility index (Phi) is 6.56. The maximum Gasteiger partial charge on any atom is 0.134 e. The van der Waals surface area contributed by atoms with Gasteiger partial charge in [0.05, 0.1) is 0 Å². The summed E-state index contributed by atoms with van der Waals surface area (Å²) in [5, 5.41) is 6.53. The van der Waals surface area contributed by atoms with Gasteiger partial charge in [0.25, 0.3) is 0 Å². The van der Waals surface area contributed by atoms with Gasteiger partial charge in [0.2, 0.25) is 0 Å². The van der Waals surface area contributed by atoms with Crippen molar-refractivity contribution in [2.45, 2.75) is 39.7 Å². The molecule has 0 saturated carbocycles. The number of rotatable bonds is 8. The van der Waals surface area contributed by atoms with E-state index in [0.717, 1.165) is 36.7 Å². The molecule has 108 valence electrons. The lowest BCUT2D eigenvalue weighted by molar-refractivity contribution is 0.261. The van der Waals surface area contributed by atoms with E-state index in [2.05, 4.69) is 53.3 Å². The molecule has 0 saturated heterocycles. The topological polar surface area (TPSA) is 53.1 Å². The molecule has 0 amide bonds. The summed E-state index contributed by atoms with van der Waals surface area (Å²) in [4.78, 5) is 10.9. The molecule has 0 aliphatic carbocycles. The molecular weight excluding hydrogens is 238 g/mol. The minimum Gasteiger partial charge on any atom is -0.373 e. The predicted molar refractivity (Wildman–Crippen MR) is 81.8 cm³/mol. The maximum atomic E-state index is 4.34. The fourth-order valence-electron chi connectivity index (χ4n) is 2.00. The Hall–Kier alpha value is -1.36. The Morgan fingerprint density at radius 3 is 2.53 bits per heavy atom. The van der Waals surface area contributed by atoms with Gasteiger partial charge >= 0.3 is 0 Å². The van der Waals surface area contributed by atoms with Gasteiger partial charge in [-0.2, -0.15) is 0 Å². The highest BCUT2D eigenvalue weighted by molar-refractivity contribution is 5.57. The van der Waals surface area contributed by atoms with Crippen LogP contribution >= 0.6 is 0 Å². The van der Waals surface area contributed by atoms with E-state index in [1.54, 1.807) is 6.33 Å². The molecular formula is C14H27N5. The second-order valence-electron chi connectivity index (χ2n) is 4.82.